The van der Waals surface area contributed by atoms with Crippen LogP contribution in [0.15, 0.2) is 255 Å². The summed E-state index contributed by atoms with van der Waals surface area (Å²) < 4.78 is 2.51. The average Bonchev–Trinajstić information content (AvgIpc) is 4.29. The lowest BCUT2D eigenvalue weighted by Gasteiger charge is -2.16. The Hall–Kier alpha value is -9.64. The monoisotopic (exact) mass is 918 g/mol. The zero-order valence-corrected chi connectivity index (χ0v) is 39.3. The number of rotatable bonds is 8. The Balaban J connectivity index is 1.40. The van der Waals surface area contributed by atoms with Gasteiger partial charge in [0, 0.05) is 55.7 Å². The predicted molar refractivity (Wildman–Crippen MR) is 301 cm³/mol. The first-order valence-corrected chi connectivity index (χ1v) is 24.5. The standard InChI is InChI=1S/C68H46N4/c1-9-25-46(26-10-1)54-45-59-61(48-29-13-3-14-30-48)57-42-41-55(69-57)60(47-27-11-2-12-28-47)56-43-44-58(70-56)62(49-31-15-4-16-32-49)67-63(50-33-17-5-18-34-50)64(51-35-19-6-20-36-51)68(72(67)53-39-23-8-24-40-53)65(66(54)71-59)52-37-21-7-22-38-52/h1-45,69H. The zero-order valence-electron chi connectivity index (χ0n) is 39.3. The van der Waals surface area contributed by atoms with Gasteiger partial charge in [-0.25, -0.2) is 9.97 Å². The summed E-state index contributed by atoms with van der Waals surface area (Å²) in [6.45, 7) is 0. The highest BCUT2D eigenvalue weighted by Crippen LogP contribution is 2.51. The third kappa shape index (κ3) is 7.50. The molecule has 11 aromatic rings. The van der Waals surface area contributed by atoms with E-state index in [2.05, 4.69) is 283 Å². The van der Waals surface area contributed by atoms with Gasteiger partial charge in [0.25, 0.3) is 0 Å². The molecule has 338 valence electrons. The van der Waals surface area contributed by atoms with Crippen LogP contribution in [0.4, 0.5) is 0 Å². The molecule has 0 saturated carbocycles. The largest absolute Gasteiger partial charge is 0.354 e. The Morgan fingerprint density at radius 1 is 0.278 bits per heavy atom. The van der Waals surface area contributed by atoms with E-state index in [1.54, 1.807) is 0 Å². The molecule has 0 spiro atoms. The molecule has 0 unspecified atom stereocenters. The lowest BCUT2D eigenvalue weighted by molar-refractivity contribution is 1.17. The quantitative estimate of drug-likeness (QED) is 0.165. The third-order valence-corrected chi connectivity index (χ3v) is 13.8. The maximum atomic E-state index is 6.00. The van der Waals surface area contributed by atoms with Gasteiger partial charge in [0.05, 0.1) is 33.8 Å². The van der Waals surface area contributed by atoms with E-state index in [1.807, 2.05) is 0 Å². The molecular weight excluding hydrogens is 873 g/mol. The van der Waals surface area contributed by atoms with Crippen molar-refractivity contribution in [1.82, 2.24) is 19.5 Å². The van der Waals surface area contributed by atoms with Crippen LogP contribution in [0.2, 0.25) is 0 Å². The molecule has 0 atom stereocenters. The van der Waals surface area contributed by atoms with Gasteiger partial charge < -0.3 is 9.55 Å². The molecule has 13 rings (SSSR count). The number of fused-ring (bicyclic) bond motifs is 8. The smallest absolute Gasteiger partial charge is 0.0816 e. The Labute approximate surface area is 418 Å². The van der Waals surface area contributed by atoms with E-state index in [0.717, 1.165) is 128 Å². The van der Waals surface area contributed by atoms with Crippen LogP contribution in [0, 0.1) is 0 Å². The Bertz CT molecular complexity index is 4010. The summed E-state index contributed by atoms with van der Waals surface area (Å²) in [6.07, 6.45) is 6.71. The van der Waals surface area contributed by atoms with Gasteiger partial charge in [-0.15, -0.1) is 0 Å². The second-order valence-corrected chi connectivity index (χ2v) is 18.1. The van der Waals surface area contributed by atoms with Crippen molar-refractivity contribution in [3.05, 3.63) is 283 Å². The van der Waals surface area contributed by atoms with Crippen LogP contribution in [0.5, 0.6) is 0 Å². The van der Waals surface area contributed by atoms with Crippen molar-refractivity contribution in [1.29, 1.82) is 0 Å². The lowest BCUT2D eigenvalue weighted by Crippen LogP contribution is -2.00. The topological polar surface area (TPSA) is 46.5 Å². The lowest BCUT2D eigenvalue weighted by atomic mass is 9.90. The summed E-state index contributed by atoms with van der Waals surface area (Å²) in [6, 6.07) is 90.8. The molecule has 5 heterocycles. The van der Waals surface area contributed by atoms with E-state index in [-0.39, 0.29) is 0 Å². The molecule has 3 aromatic heterocycles. The first kappa shape index (κ1) is 42.5. The predicted octanol–water partition coefficient (Wildman–Crippen LogP) is 17.5. The molecule has 2 aliphatic rings. The summed E-state index contributed by atoms with van der Waals surface area (Å²) >= 11 is 0. The molecule has 0 saturated heterocycles. The first-order chi connectivity index (χ1) is 35.8. The number of aromatic nitrogens is 4. The number of hydrogen-bond donors (Lipinski definition) is 1. The van der Waals surface area contributed by atoms with E-state index >= 15 is 0 Å². The van der Waals surface area contributed by atoms with Crippen molar-refractivity contribution in [3.8, 4) is 72.4 Å². The highest BCUT2D eigenvalue weighted by atomic mass is 15.0. The number of para-hydroxylation sites is 1. The minimum Gasteiger partial charge on any atom is -0.354 e. The molecule has 1 N–H and O–H groups in total. The molecular formula is C68H46N4. The van der Waals surface area contributed by atoms with Crippen molar-refractivity contribution < 1.29 is 0 Å². The van der Waals surface area contributed by atoms with Crippen LogP contribution in [-0.4, -0.2) is 19.5 Å². The summed E-state index contributed by atoms with van der Waals surface area (Å²) in [5.41, 5.74) is 23.1. The molecule has 8 aromatic carbocycles. The van der Waals surface area contributed by atoms with Crippen LogP contribution >= 0.6 is 0 Å². The average molecular weight is 919 g/mol. The fourth-order valence-electron chi connectivity index (χ4n) is 10.6. The van der Waals surface area contributed by atoms with Crippen LogP contribution < -0.4 is 0 Å². The number of nitrogens with one attached hydrogen (secondary N) is 1. The maximum Gasteiger partial charge on any atom is 0.0816 e. The molecule has 0 amide bonds. The van der Waals surface area contributed by atoms with E-state index < -0.39 is 0 Å². The van der Waals surface area contributed by atoms with Gasteiger partial charge in [0.2, 0.25) is 0 Å². The minimum absolute atomic E-state index is 0.859. The zero-order chi connectivity index (χ0) is 47.8. The van der Waals surface area contributed by atoms with Crippen molar-refractivity contribution in [3.63, 3.8) is 0 Å². The maximum absolute atomic E-state index is 6.00. The van der Waals surface area contributed by atoms with E-state index in [1.165, 1.54) is 0 Å². The number of nitrogens with zero attached hydrogens (tertiary/aromatic N) is 3. The molecule has 0 radical (unpaired) electrons. The Morgan fingerprint density at radius 2 is 0.611 bits per heavy atom. The van der Waals surface area contributed by atoms with Gasteiger partial charge >= 0.3 is 0 Å². The van der Waals surface area contributed by atoms with Crippen molar-refractivity contribution in [2.75, 3.05) is 0 Å². The Morgan fingerprint density at radius 3 is 1.06 bits per heavy atom. The second-order valence-electron chi connectivity index (χ2n) is 18.1. The SMILES string of the molecule is C1=Cc2nc1c(-c1ccccc1)c1ccc([nH]1)c(-c1ccccc1)c1nc(c(-c3ccccc3)c3c(-c4ccccc4)c(-c4ccccc4)c(c2-c2ccccc2)n3-c2ccccc2)C(c2ccccc2)=C1. The van der Waals surface area contributed by atoms with E-state index in [4.69, 9.17) is 9.97 Å². The van der Waals surface area contributed by atoms with Gasteiger partial charge in [-0.05, 0) is 81.4 Å². The summed E-state index contributed by atoms with van der Waals surface area (Å²) in [4.78, 5) is 15.7. The number of benzene rings is 8. The van der Waals surface area contributed by atoms with Crippen LogP contribution in [0.3, 0.4) is 0 Å². The van der Waals surface area contributed by atoms with Crippen LogP contribution in [0.1, 0.15) is 28.3 Å². The molecule has 0 fully saturated rings. The third-order valence-electron chi connectivity index (χ3n) is 13.8. The molecule has 72 heavy (non-hydrogen) atoms. The van der Waals surface area contributed by atoms with Crippen LogP contribution in [-0.2, 0) is 0 Å². The molecule has 2 aliphatic heterocycles. The van der Waals surface area contributed by atoms with Gasteiger partial charge in [0.1, 0.15) is 0 Å². The van der Waals surface area contributed by atoms with Gasteiger partial charge in [-0.1, -0.05) is 231 Å². The Kier molecular flexibility index (Phi) is 10.8. The highest BCUT2D eigenvalue weighted by molar-refractivity contribution is 6.16. The van der Waals surface area contributed by atoms with Gasteiger partial charge in [-0.3, -0.25) is 0 Å². The van der Waals surface area contributed by atoms with Gasteiger partial charge in [0.15, 0.2) is 0 Å². The van der Waals surface area contributed by atoms with Crippen molar-refractivity contribution in [2.24, 2.45) is 0 Å². The fourth-order valence-corrected chi connectivity index (χ4v) is 10.6. The van der Waals surface area contributed by atoms with Gasteiger partial charge in [-0.2, -0.15) is 0 Å². The number of H-pyrrole nitrogens is 1. The number of hydrogen-bond acceptors (Lipinski definition) is 2. The molecule has 4 nitrogen and oxygen atoms in total. The first-order valence-electron chi connectivity index (χ1n) is 24.5. The van der Waals surface area contributed by atoms with Crippen LogP contribution in [0.25, 0.3) is 118 Å². The number of aromatic amines is 1. The highest BCUT2D eigenvalue weighted by Gasteiger charge is 2.30. The molecule has 0 aliphatic carbocycles. The fraction of sp³-hybridized carbons (Fsp3) is 0. The minimum atomic E-state index is 0.859. The summed E-state index contributed by atoms with van der Waals surface area (Å²) in [5.74, 6) is 0. The van der Waals surface area contributed by atoms with Crippen molar-refractivity contribution >= 4 is 45.9 Å². The molecule has 4 heteroatoms. The van der Waals surface area contributed by atoms with E-state index in [9.17, 15) is 0 Å². The molecule has 8 bridgehead atoms. The normalized spacial score (nSPS) is 11.9. The van der Waals surface area contributed by atoms with Crippen molar-refractivity contribution in [2.45, 2.75) is 0 Å². The second kappa shape index (κ2) is 18.4. The summed E-state index contributed by atoms with van der Waals surface area (Å²) in [7, 11) is 0. The summed E-state index contributed by atoms with van der Waals surface area (Å²) in [5, 5.41) is 0. The van der Waals surface area contributed by atoms with E-state index in [0.29, 0.717) is 0 Å².